The van der Waals surface area contributed by atoms with E-state index in [9.17, 15) is 19.2 Å². The summed E-state index contributed by atoms with van der Waals surface area (Å²) >= 11 is 6.20. The zero-order valence-electron chi connectivity index (χ0n) is 18.2. The van der Waals surface area contributed by atoms with E-state index in [1.807, 2.05) is 6.07 Å². The lowest BCUT2D eigenvalue weighted by Gasteiger charge is -2.27. The normalized spacial score (nSPS) is 20.0. The number of hydrogen-bond donors (Lipinski definition) is 5. The van der Waals surface area contributed by atoms with Crippen LogP contribution in [0.4, 0.5) is 0 Å². The SMILES string of the molecule is NC(=O)[C@H](C[C@@H]1CCCNC1=O)NC(=O)[C@H](CC1CC1)NC(=O)c1cc2c(Cl)cccc2[nH]1. The molecular formula is C23H28ClN5O4. The van der Waals surface area contributed by atoms with Crippen LogP contribution in [0.3, 0.4) is 0 Å². The van der Waals surface area contributed by atoms with Crippen LogP contribution >= 0.6 is 11.6 Å². The van der Waals surface area contributed by atoms with Gasteiger partial charge >= 0.3 is 0 Å². The Morgan fingerprint density at radius 2 is 1.91 bits per heavy atom. The molecule has 1 aliphatic carbocycles. The summed E-state index contributed by atoms with van der Waals surface area (Å²) in [6, 6.07) is 5.16. The van der Waals surface area contributed by atoms with Crippen LogP contribution in [0.2, 0.25) is 5.02 Å². The number of primary amides is 1. The van der Waals surface area contributed by atoms with Gasteiger partial charge in [0.1, 0.15) is 17.8 Å². The van der Waals surface area contributed by atoms with Crippen molar-refractivity contribution in [2.45, 2.75) is 50.6 Å². The van der Waals surface area contributed by atoms with Crippen LogP contribution in [-0.4, -0.2) is 47.2 Å². The number of rotatable bonds is 9. The van der Waals surface area contributed by atoms with Crippen LogP contribution in [0.5, 0.6) is 0 Å². The van der Waals surface area contributed by atoms with Crippen molar-refractivity contribution in [2.75, 3.05) is 6.54 Å². The number of H-pyrrole nitrogens is 1. The molecule has 2 heterocycles. The highest BCUT2D eigenvalue weighted by atomic mass is 35.5. The fourth-order valence-electron chi connectivity index (χ4n) is 4.26. The second-order valence-corrected chi connectivity index (χ2v) is 9.33. The predicted molar refractivity (Wildman–Crippen MR) is 123 cm³/mol. The van der Waals surface area contributed by atoms with Gasteiger partial charge in [0.2, 0.25) is 17.7 Å². The van der Waals surface area contributed by atoms with E-state index in [2.05, 4.69) is 20.9 Å². The monoisotopic (exact) mass is 473 g/mol. The van der Waals surface area contributed by atoms with Crippen molar-refractivity contribution in [3.05, 3.63) is 35.0 Å². The summed E-state index contributed by atoms with van der Waals surface area (Å²) in [6.07, 6.45) is 4.03. The molecule has 1 aliphatic heterocycles. The number of carbonyl (C=O) groups is 4. The van der Waals surface area contributed by atoms with Gasteiger partial charge in [-0.25, -0.2) is 0 Å². The molecule has 0 unspecified atom stereocenters. The number of nitrogens with two attached hydrogens (primary N) is 1. The van der Waals surface area contributed by atoms with Crippen LogP contribution in [0.1, 0.15) is 49.0 Å². The zero-order valence-corrected chi connectivity index (χ0v) is 18.9. The minimum atomic E-state index is -0.989. The molecule has 2 aliphatic rings. The highest BCUT2D eigenvalue weighted by Crippen LogP contribution is 2.34. The first kappa shape index (κ1) is 23.1. The highest BCUT2D eigenvalue weighted by Gasteiger charge is 2.34. The summed E-state index contributed by atoms with van der Waals surface area (Å²) in [6.45, 7) is 0.609. The van der Waals surface area contributed by atoms with Crippen LogP contribution < -0.4 is 21.7 Å². The summed E-state index contributed by atoms with van der Waals surface area (Å²) in [4.78, 5) is 53.1. The van der Waals surface area contributed by atoms with Crippen LogP contribution in [0.15, 0.2) is 24.3 Å². The number of aromatic nitrogens is 1. The fraction of sp³-hybridized carbons (Fsp3) is 0.478. The van der Waals surface area contributed by atoms with E-state index < -0.39 is 29.8 Å². The maximum absolute atomic E-state index is 13.1. The Labute approximate surface area is 196 Å². The van der Waals surface area contributed by atoms with Crippen molar-refractivity contribution >= 4 is 46.1 Å². The topological polar surface area (TPSA) is 146 Å². The van der Waals surface area contributed by atoms with Gasteiger partial charge in [-0.15, -0.1) is 0 Å². The maximum atomic E-state index is 13.1. The van der Waals surface area contributed by atoms with Gasteiger partial charge in [0.25, 0.3) is 5.91 Å². The minimum Gasteiger partial charge on any atom is -0.368 e. The second-order valence-electron chi connectivity index (χ2n) is 8.92. The van der Waals surface area contributed by atoms with E-state index in [1.54, 1.807) is 18.2 Å². The third-order valence-electron chi connectivity index (χ3n) is 6.32. The number of piperidine rings is 1. The van der Waals surface area contributed by atoms with Crippen molar-refractivity contribution in [3.8, 4) is 0 Å². The second kappa shape index (κ2) is 9.82. The van der Waals surface area contributed by atoms with Crippen molar-refractivity contribution in [2.24, 2.45) is 17.6 Å². The number of amides is 4. The third kappa shape index (κ3) is 5.65. The molecule has 6 N–H and O–H groups in total. The van der Waals surface area contributed by atoms with Crippen molar-refractivity contribution in [1.82, 2.24) is 20.9 Å². The minimum absolute atomic E-state index is 0.136. The lowest BCUT2D eigenvalue weighted by Crippen LogP contribution is -2.54. The third-order valence-corrected chi connectivity index (χ3v) is 6.65. The van der Waals surface area contributed by atoms with E-state index >= 15 is 0 Å². The smallest absolute Gasteiger partial charge is 0.268 e. The van der Waals surface area contributed by atoms with E-state index in [-0.39, 0.29) is 23.9 Å². The number of benzene rings is 1. The molecule has 0 radical (unpaired) electrons. The molecule has 2 aromatic rings. The average molecular weight is 474 g/mol. The first-order valence-corrected chi connectivity index (χ1v) is 11.6. The van der Waals surface area contributed by atoms with Crippen molar-refractivity contribution < 1.29 is 19.2 Å². The molecule has 4 amide bonds. The van der Waals surface area contributed by atoms with E-state index in [0.717, 1.165) is 24.8 Å². The predicted octanol–water partition coefficient (Wildman–Crippen LogP) is 1.61. The van der Waals surface area contributed by atoms with Gasteiger partial charge in [0.15, 0.2) is 0 Å². The molecule has 1 saturated heterocycles. The Morgan fingerprint density at radius 1 is 1.12 bits per heavy atom. The van der Waals surface area contributed by atoms with Gasteiger partial charge in [-0.2, -0.15) is 0 Å². The van der Waals surface area contributed by atoms with Gasteiger partial charge in [0.05, 0.1) is 0 Å². The molecule has 0 bridgehead atoms. The van der Waals surface area contributed by atoms with Gasteiger partial charge in [0, 0.05) is 28.4 Å². The Hall–Kier alpha value is -3.07. The standard InChI is InChI=1S/C23H28ClN5O4/c24-15-4-1-5-16-14(15)11-19(27-16)23(33)29-18(9-12-6-7-12)22(32)28-17(20(25)30)10-13-3-2-8-26-21(13)31/h1,4-5,11-13,17-18,27H,2-3,6-10H2,(H2,25,30)(H,26,31)(H,28,32)(H,29,33)/t13-,17-,18-/m0/s1. The van der Waals surface area contributed by atoms with Crippen LogP contribution in [0.25, 0.3) is 10.9 Å². The summed E-state index contributed by atoms with van der Waals surface area (Å²) in [5.41, 5.74) is 6.53. The summed E-state index contributed by atoms with van der Waals surface area (Å²) in [5.74, 6) is -1.81. The molecule has 33 heavy (non-hydrogen) atoms. The number of nitrogens with one attached hydrogen (secondary N) is 4. The number of halogens is 1. The molecule has 176 valence electrons. The van der Waals surface area contributed by atoms with E-state index in [4.69, 9.17) is 17.3 Å². The molecule has 1 aromatic carbocycles. The zero-order chi connectivity index (χ0) is 23.5. The molecule has 4 rings (SSSR count). The summed E-state index contributed by atoms with van der Waals surface area (Å²) in [7, 11) is 0. The van der Waals surface area contributed by atoms with Gasteiger partial charge in [-0.1, -0.05) is 30.5 Å². The van der Waals surface area contributed by atoms with E-state index in [1.165, 1.54) is 0 Å². The number of carbonyl (C=O) groups excluding carboxylic acids is 4. The number of aromatic amines is 1. The first-order chi connectivity index (χ1) is 15.8. The summed E-state index contributed by atoms with van der Waals surface area (Å²) < 4.78 is 0. The van der Waals surface area contributed by atoms with Gasteiger partial charge in [-0.3, -0.25) is 19.2 Å². The fourth-order valence-corrected chi connectivity index (χ4v) is 4.49. The number of fused-ring (bicyclic) bond motifs is 1. The molecule has 3 atom stereocenters. The Balaban J connectivity index is 1.45. The molecule has 0 spiro atoms. The Bertz CT molecular complexity index is 1080. The first-order valence-electron chi connectivity index (χ1n) is 11.3. The quantitative estimate of drug-likeness (QED) is 0.376. The average Bonchev–Trinajstić information content (AvgIpc) is 3.48. The molecule has 9 nitrogen and oxygen atoms in total. The van der Waals surface area contributed by atoms with E-state index in [0.29, 0.717) is 35.7 Å². The Kier molecular flexibility index (Phi) is 6.88. The molecule has 2 fully saturated rings. The lowest BCUT2D eigenvalue weighted by molar-refractivity contribution is -0.131. The molecule has 1 aromatic heterocycles. The van der Waals surface area contributed by atoms with Crippen molar-refractivity contribution in [3.63, 3.8) is 0 Å². The van der Waals surface area contributed by atoms with Crippen LogP contribution in [0, 0.1) is 11.8 Å². The van der Waals surface area contributed by atoms with Crippen molar-refractivity contribution in [1.29, 1.82) is 0 Å². The molecular weight excluding hydrogens is 446 g/mol. The van der Waals surface area contributed by atoms with Gasteiger partial charge in [-0.05, 0) is 49.8 Å². The van der Waals surface area contributed by atoms with Gasteiger partial charge < -0.3 is 26.7 Å². The number of hydrogen-bond acceptors (Lipinski definition) is 4. The Morgan fingerprint density at radius 3 is 2.58 bits per heavy atom. The lowest BCUT2D eigenvalue weighted by atomic mass is 9.91. The summed E-state index contributed by atoms with van der Waals surface area (Å²) in [5, 5.41) is 9.46. The molecule has 10 heteroatoms. The maximum Gasteiger partial charge on any atom is 0.268 e. The molecule has 1 saturated carbocycles. The largest absolute Gasteiger partial charge is 0.368 e. The highest BCUT2D eigenvalue weighted by molar-refractivity contribution is 6.35. The van der Waals surface area contributed by atoms with Crippen LogP contribution in [-0.2, 0) is 14.4 Å².